The predicted octanol–water partition coefficient (Wildman–Crippen LogP) is 3.51. The van der Waals surface area contributed by atoms with Crippen molar-refractivity contribution in [1.29, 1.82) is 0 Å². The van der Waals surface area contributed by atoms with E-state index in [0.717, 1.165) is 28.6 Å². The third-order valence-corrected chi connectivity index (χ3v) is 5.35. The number of hydrogen-bond acceptors (Lipinski definition) is 4. The molecule has 5 aromatic rings. The van der Waals surface area contributed by atoms with Crippen LogP contribution >= 0.6 is 0 Å². The summed E-state index contributed by atoms with van der Waals surface area (Å²) in [5, 5.41) is 5.56. The number of ketones is 1. The highest BCUT2D eigenvalue weighted by Crippen LogP contribution is 2.23. The number of carbonyl (C=O) groups is 1. The van der Waals surface area contributed by atoms with Crippen molar-refractivity contribution >= 4 is 27.7 Å². The molecule has 3 aromatic heterocycles. The number of nitrogens with one attached hydrogen (secondary N) is 1. The molecular formula is C23H19N5O2. The van der Waals surface area contributed by atoms with Crippen LogP contribution in [0.3, 0.4) is 0 Å². The number of aromatic amines is 1. The van der Waals surface area contributed by atoms with Gasteiger partial charge in [0.25, 0.3) is 5.56 Å². The molecule has 0 amide bonds. The van der Waals surface area contributed by atoms with Crippen molar-refractivity contribution < 1.29 is 4.79 Å². The summed E-state index contributed by atoms with van der Waals surface area (Å²) < 4.78 is 2.96. The molecule has 1 N–H and O–H groups in total. The molecule has 7 nitrogen and oxygen atoms in total. The molecule has 0 aliphatic carbocycles. The van der Waals surface area contributed by atoms with E-state index in [2.05, 4.69) is 22.0 Å². The van der Waals surface area contributed by atoms with Gasteiger partial charge in [0.05, 0.1) is 18.4 Å². The summed E-state index contributed by atoms with van der Waals surface area (Å²) in [5.41, 5.74) is 3.69. The van der Waals surface area contributed by atoms with Gasteiger partial charge in [-0.1, -0.05) is 43.3 Å². The molecule has 0 radical (unpaired) electrons. The van der Waals surface area contributed by atoms with Gasteiger partial charge in [-0.3, -0.25) is 14.2 Å². The Hall–Kier alpha value is -4.00. The maximum absolute atomic E-state index is 13.0. The molecule has 5 rings (SSSR count). The molecule has 0 fully saturated rings. The number of carbonyl (C=O) groups excluding carboxylic acids is 1. The van der Waals surface area contributed by atoms with Crippen LogP contribution in [-0.2, 0) is 13.0 Å². The first-order chi connectivity index (χ1) is 14.7. The maximum Gasteiger partial charge on any atom is 0.264 e. The Morgan fingerprint density at radius 3 is 2.70 bits per heavy atom. The first-order valence-electron chi connectivity index (χ1n) is 9.78. The smallest absolute Gasteiger partial charge is 0.264 e. The van der Waals surface area contributed by atoms with Crippen LogP contribution in [0.1, 0.15) is 22.8 Å². The van der Waals surface area contributed by atoms with Crippen molar-refractivity contribution in [2.45, 2.75) is 19.9 Å². The van der Waals surface area contributed by atoms with E-state index in [1.807, 2.05) is 48.5 Å². The Kier molecular flexibility index (Phi) is 4.28. The number of rotatable bonds is 5. The number of para-hydroxylation sites is 2. The Morgan fingerprint density at radius 2 is 1.90 bits per heavy atom. The topological polar surface area (TPSA) is 85.6 Å². The summed E-state index contributed by atoms with van der Waals surface area (Å²) in [7, 11) is 0. The Morgan fingerprint density at radius 1 is 1.07 bits per heavy atom. The van der Waals surface area contributed by atoms with Gasteiger partial charge < -0.3 is 4.98 Å². The average molecular weight is 397 g/mol. The third-order valence-electron chi connectivity index (χ3n) is 5.35. The highest BCUT2D eigenvalue weighted by Gasteiger charge is 2.17. The lowest BCUT2D eigenvalue weighted by Gasteiger charge is -2.06. The molecule has 0 unspecified atom stereocenters. The standard InChI is InChI=1S/C23H19N5O2/c1-2-15-7-6-10-17-18(11-24-21(15)17)20(29)13-27-14-25-22-19(23(27)30)12-26-28(22)16-8-4-3-5-9-16/h3-12,14,24H,2,13H2,1H3. The number of benzene rings is 2. The van der Waals surface area contributed by atoms with Crippen molar-refractivity contribution in [3.63, 3.8) is 0 Å². The molecule has 0 saturated carbocycles. The van der Waals surface area contributed by atoms with Gasteiger partial charge in [0.15, 0.2) is 11.4 Å². The van der Waals surface area contributed by atoms with E-state index < -0.39 is 0 Å². The summed E-state index contributed by atoms with van der Waals surface area (Å²) in [4.78, 5) is 33.5. The van der Waals surface area contributed by atoms with Crippen LogP contribution in [-0.4, -0.2) is 30.1 Å². The number of H-pyrrole nitrogens is 1. The lowest BCUT2D eigenvalue weighted by molar-refractivity contribution is 0.0972. The molecule has 2 aromatic carbocycles. The first kappa shape index (κ1) is 18.1. The minimum absolute atomic E-state index is 0.0817. The van der Waals surface area contributed by atoms with Gasteiger partial charge in [0.1, 0.15) is 11.7 Å². The van der Waals surface area contributed by atoms with E-state index in [4.69, 9.17) is 0 Å². The normalized spacial score (nSPS) is 11.4. The van der Waals surface area contributed by atoms with Gasteiger partial charge in [-0.05, 0) is 24.1 Å². The summed E-state index contributed by atoms with van der Waals surface area (Å²) in [5.74, 6) is -0.145. The second-order valence-corrected chi connectivity index (χ2v) is 7.13. The van der Waals surface area contributed by atoms with Crippen LogP contribution in [0, 0.1) is 0 Å². The van der Waals surface area contributed by atoms with Crippen molar-refractivity contribution in [3.05, 3.63) is 88.7 Å². The highest BCUT2D eigenvalue weighted by molar-refractivity contribution is 6.08. The van der Waals surface area contributed by atoms with Gasteiger partial charge in [0, 0.05) is 22.7 Å². The zero-order chi connectivity index (χ0) is 20.7. The van der Waals surface area contributed by atoms with E-state index >= 15 is 0 Å². The molecular weight excluding hydrogens is 378 g/mol. The van der Waals surface area contributed by atoms with E-state index in [0.29, 0.717) is 16.6 Å². The van der Waals surface area contributed by atoms with E-state index in [1.165, 1.54) is 17.1 Å². The molecule has 0 spiro atoms. The van der Waals surface area contributed by atoms with Gasteiger partial charge in [0.2, 0.25) is 0 Å². The minimum Gasteiger partial charge on any atom is -0.360 e. The van der Waals surface area contributed by atoms with Gasteiger partial charge in [-0.25, -0.2) is 9.67 Å². The van der Waals surface area contributed by atoms with Gasteiger partial charge in [-0.2, -0.15) is 5.10 Å². The fraction of sp³-hybridized carbons (Fsp3) is 0.130. The van der Waals surface area contributed by atoms with Crippen molar-refractivity contribution in [3.8, 4) is 5.69 Å². The molecule has 0 bridgehead atoms. The third kappa shape index (κ3) is 2.83. The molecule has 3 heterocycles. The monoisotopic (exact) mass is 397 g/mol. The summed E-state index contributed by atoms with van der Waals surface area (Å²) in [6, 6.07) is 15.4. The number of aromatic nitrogens is 5. The molecule has 30 heavy (non-hydrogen) atoms. The Balaban J connectivity index is 1.51. The molecule has 0 atom stereocenters. The molecule has 148 valence electrons. The fourth-order valence-corrected chi connectivity index (χ4v) is 3.80. The highest BCUT2D eigenvalue weighted by atomic mass is 16.1. The van der Waals surface area contributed by atoms with Crippen LogP contribution in [0.25, 0.3) is 27.6 Å². The van der Waals surface area contributed by atoms with E-state index in [9.17, 15) is 9.59 Å². The minimum atomic E-state index is -0.287. The zero-order valence-electron chi connectivity index (χ0n) is 16.4. The number of Topliss-reactive ketones (excluding diaryl/α,β-unsaturated/α-hetero) is 1. The quantitative estimate of drug-likeness (QED) is 0.460. The van der Waals surface area contributed by atoms with E-state index in [-0.39, 0.29) is 17.9 Å². The second-order valence-electron chi connectivity index (χ2n) is 7.13. The number of aryl methyl sites for hydroxylation is 1. The molecule has 0 aliphatic heterocycles. The zero-order valence-corrected chi connectivity index (χ0v) is 16.4. The van der Waals surface area contributed by atoms with Gasteiger partial charge in [-0.15, -0.1) is 0 Å². The van der Waals surface area contributed by atoms with E-state index in [1.54, 1.807) is 10.9 Å². The van der Waals surface area contributed by atoms with Crippen LogP contribution in [0.2, 0.25) is 0 Å². The summed E-state index contributed by atoms with van der Waals surface area (Å²) in [6.07, 6.45) is 5.50. The lowest BCUT2D eigenvalue weighted by Crippen LogP contribution is -2.24. The Labute approximate surface area is 171 Å². The first-order valence-corrected chi connectivity index (χ1v) is 9.78. The summed E-state index contributed by atoms with van der Waals surface area (Å²) in [6.45, 7) is 1.99. The van der Waals surface area contributed by atoms with Crippen molar-refractivity contribution in [2.75, 3.05) is 0 Å². The molecule has 0 aliphatic rings. The van der Waals surface area contributed by atoms with Crippen LogP contribution in [0.5, 0.6) is 0 Å². The van der Waals surface area contributed by atoms with Crippen LogP contribution in [0.15, 0.2) is 72.0 Å². The molecule has 7 heteroatoms. The lowest BCUT2D eigenvalue weighted by atomic mass is 10.0. The van der Waals surface area contributed by atoms with Crippen LogP contribution in [0.4, 0.5) is 0 Å². The maximum atomic E-state index is 13.0. The average Bonchev–Trinajstić information content (AvgIpc) is 3.41. The second kappa shape index (κ2) is 7.11. The predicted molar refractivity (Wildman–Crippen MR) is 115 cm³/mol. The largest absolute Gasteiger partial charge is 0.360 e. The summed E-state index contributed by atoms with van der Waals surface area (Å²) >= 11 is 0. The number of hydrogen-bond donors (Lipinski definition) is 1. The van der Waals surface area contributed by atoms with Crippen molar-refractivity contribution in [1.82, 2.24) is 24.3 Å². The molecule has 0 saturated heterocycles. The SMILES string of the molecule is CCc1cccc2c(C(=O)Cn3cnc4c(cnn4-c4ccccc4)c3=O)c[nH]c12. The van der Waals surface area contributed by atoms with Crippen molar-refractivity contribution in [2.24, 2.45) is 0 Å². The number of fused-ring (bicyclic) bond motifs is 2. The van der Waals surface area contributed by atoms with Crippen LogP contribution < -0.4 is 5.56 Å². The number of nitrogens with zero attached hydrogens (tertiary/aromatic N) is 4. The van der Waals surface area contributed by atoms with Gasteiger partial charge >= 0.3 is 0 Å². The Bertz CT molecular complexity index is 1440. The fourth-order valence-electron chi connectivity index (χ4n) is 3.80.